The molecule has 9 heteroatoms. The molecule has 4 rings (SSSR count). The Morgan fingerprint density at radius 1 is 1.16 bits per heavy atom. The van der Waals surface area contributed by atoms with Gasteiger partial charge in [0.1, 0.15) is 28.5 Å². The molecule has 4 aromatic rings. The number of halogens is 1. The molecule has 1 atom stereocenters. The molecule has 2 aromatic carbocycles. The van der Waals surface area contributed by atoms with E-state index < -0.39 is 23.1 Å². The quantitative estimate of drug-likeness (QED) is 0.199. The number of hydrogen-bond acceptors (Lipinski definition) is 7. The first-order chi connectivity index (χ1) is 18.1. The van der Waals surface area contributed by atoms with Gasteiger partial charge in [-0.15, -0.1) is 4.72 Å². The fourth-order valence-corrected chi connectivity index (χ4v) is 4.59. The van der Waals surface area contributed by atoms with Crippen LogP contribution in [0.3, 0.4) is 0 Å². The van der Waals surface area contributed by atoms with Crippen LogP contribution in [0.2, 0.25) is 0 Å². The molecule has 38 heavy (non-hydrogen) atoms. The van der Waals surface area contributed by atoms with Crippen molar-refractivity contribution in [2.75, 3.05) is 6.61 Å². The maximum Gasteiger partial charge on any atom is 0.310 e. The molecular formula is C29H31FN2O5S. The van der Waals surface area contributed by atoms with Gasteiger partial charge in [-0.2, -0.15) is 0 Å². The molecule has 0 aliphatic carbocycles. The van der Waals surface area contributed by atoms with Gasteiger partial charge in [-0.05, 0) is 75.2 Å². The predicted molar refractivity (Wildman–Crippen MR) is 145 cm³/mol. The highest BCUT2D eigenvalue weighted by Gasteiger charge is 2.26. The van der Waals surface area contributed by atoms with E-state index in [1.54, 1.807) is 19.4 Å². The van der Waals surface area contributed by atoms with Crippen molar-refractivity contribution in [3.8, 4) is 16.9 Å². The van der Waals surface area contributed by atoms with Crippen LogP contribution in [0.25, 0.3) is 22.1 Å². The lowest BCUT2D eigenvalue weighted by molar-refractivity contribution is -0.142. The Morgan fingerprint density at radius 2 is 1.97 bits per heavy atom. The summed E-state index contributed by atoms with van der Waals surface area (Å²) in [6.45, 7) is 8.23. The van der Waals surface area contributed by atoms with E-state index in [0.29, 0.717) is 17.7 Å². The molecule has 0 aliphatic rings. The monoisotopic (exact) mass is 538 g/mol. The Bertz CT molecular complexity index is 1420. The average molecular weight is 539 g/mol. The summed E-state index contributed by atoms with van der Waals surface area (Å²) in [4.78, 5) is 16.4. The van der Waals surface area contributed by atoms with Crippen molar-refractivity contribution in [3.63, 3.8) is 0 Å². The molecule has 0 bridgehead atoms. The lowest BCUT2D eigenvalue weighted by Gasteiger charge is -2.23. The summed E-state index contributed by atoms with van der Waals surface area (Å²) in [5, 5.41) is 0.886. The number of pyridine rings is 1. The van der Waals surface area contributed by atoms with Crippen molar-refractivity contribution < 1.29 is 27.6 Å². The smallest absolute Gasteiger partial charge is 0.310 e. The summed E-state index contributed by atoms with van der Waals surface area (Å²) in [6.07, 6.45) is 3.32. The minimum absolute atomic E-state index is 0.0106. The second kappa shape index (κ2) is 12.0. The Morgan fingerprint density at radius 3 is 2.74 bits per heavy atom. The number of fused-ring (bicyclic) bond motifs is 1. The highest BCUT2D eigenvalue weighted by atomic mass is 32.2. The summed E-state index contributed by atoms with van der Waals surface area (Å²) in [6, 6.07) is 13.7. The zero-order chi connectivity index (χ0) is 27.3. The summed E-state index contributed by atoms with van der Waals surface area (Å²) in [7, 11) is 0. The zero-order valence-electron chi connectivity index (χ0n) is 21.9. The van der Waals surface area contributed by atoms with E-state index in [2.05, 4.69) is 9.71 Å². The summed E-state index contributed by atoms with van der Waals surface area (Å²) < 4.78 is 45.8. The summed E-state index contributed by atoms with van der Waals surface area (Å²) in [5.74, 6) is -0.569. The molecular weight excluding hydrogens is 507 g/mol. The number of nitrogens with one attached hydrogen (secondary N) is 1. The first kappa shape index (κ1) is 27.6. The van der Waals surface area contributed by atoms with Crippen molar-refractivity contribution in [1.82, 2.24) is 9.71 Å². The molecule has 0 amide bonds. The Hall–Kier alpha value is -3.40. The molecule has 0 aliphatic heterocycles. The predicted octanol–water partition coefficient (Wildman–Crippen LogP) is 5.87. The van der Waals surface area contributed by atoms with Gasteiger partial charge in [0.15, 0.2) is 0 Å². The number of furan rings is 1. The van der Waals surface area contributed by atoms with E-state index >= 15 is 0 Å². The molecule has 200 valence electrons. The van der Waals surface area contributed by atoms with Gasteiger partial charge < -0.3 is 18.4 Å². The van der Waals surface area contributed by atoms with Crippen LogP contribution in [0.4, 0.5) is 4.39 Å². The van der Waals surface area contributed by atoms with Crippen molar-refractivity contribution in [2.45, 2.75) is 52.0 Å². The first-order valence-corrected chi connectivity index (χ1v) is 13.5. The highest BCUT2D eigenvalue weighted by molar-refractivity contribution is 7.90. The van der Waals surface area contributed by atoms with Crippen LogP contribution >= 0.6 is 0 Å². The number of nitrogens with zero attached hydrogens (tertiary/aromatic N) is 1. The molecule has 2 aromatic heterocycles. The molecule has 0 unspecified atom stereocenters. The van der Waals surface area contributed by atoms with Crippen LogP contribution in [-0.4, -0.2) is 26.9 Å². The SMILES string of the molecule is CCOC(=O)Cc1ccc(F)cc1OCc1cc(-c2ccnc(CN[S@@+]([O-])C(C)(C)C)c2)c2occc2c1. The third kappa shape index (κ3) is 6.92. The third-order valence-corrected chi connectivity index (χ3v) is 7.26. The number of carbonyl (C=O) groups excluding carboxylic acids is 1. The number of esters is 1. The number of hydrogen-bond donors (Lipinski definition) is 1. The van der Waals surface area contributed by atoms with Crippen molar-refractivity contribution in [1.29, 1.82) is 0 Å². The molecule has 0 fully saturated rings. The number of carbonyl (C=O) groups is 1. The number of benzene rings is 2. The van der Waals surface area contributed by atoms with Crippen molar-refractivity contribution >= 4 is 28.3 Å². The molecule has 0 saturated carbocycles. The van der Waals surface area contributed by atoms with E-state index in [0.717, 1.165) is 27.8 Å². The standard InChI is InChI=1S/C29H31FN2O5S/c1-5-35-27(33)15-21-6-7-23(30)16-26(21)37-18-19-12-22-9-11-36-28(22)25(13-19)20-8-10-31-24(14-20)17-32-38(34)29(2,3)4/h6-14,16,32H,5,15,17-18H2,1-4H3/t38-/m0/s1. The fourth-order valence-electron chi connectivity index (χ4n) is 3.88. The highest BCUT2D eigenvalue weighted by Crippen LogP contribution is 2.32. The second-order valence-corrected chi connectivity index (χ2v) is 11.8. The maximum atomic E-state index is 14.0. The van der Waals surface area contributed by atoms with Crippen LogP contribution in [-0.2, 0) is 40.5 Å². The molecule has 2 heterocycles. The Kier molecular flexibility index (Phi) is 8.71. The van der Waals surface area contributed by atoms with Gasteiger partial charge in [-0.3, -0.25) is 9.78 Å². The molecule has 0 radical (unpaired) electrons. The lowest BCUT2D eigenvalue weighted by atomic mass is 10.0. The van der Waals surface area contributed by atoms with E-state index in [-0.39, 0.29) is 30.1 Å². The molecule has 7 nitrogen and oxygen atoms in total. The topological polar surface area (TPSA) is 96.7 Å². The van der Waals surface area contributed by atoms with Crippen LogP contribution in [0.15, 0.2) is 65.4 Å². The van der Waals surface area contributed by atoms with Crippen LogP contribution < -0.4 is 9.46 Å². The van der Waals surface area contributed by atoms with Gasteiger partial charge in [-0.25, -0.2) is 4.39 Å². The number of ether oxygens (including phenoxy) is 2. The summed E-state index contributed by atoms with van der Waals surface area (Å²) in [5.41, 5.74) is 4.57. The average Bonchev–Trinajstić information content (AvgIpc) is 3.35. The van der Waals surface area contributed by atoms with E-state index in [9.17, 15) is 13.7 Å². The molecule has 1 N–H and O–H groups in total. The number of aromatic nitrogens is 1. The lowest BCUT2D eigenvalue weighted by Crippen LogP contribution is -2.39. The van der Waals surface area contributed by atoms with Gasteiger partial charge >= 0.3 is 5.97 Å². The van der Waals surface area contributed by atoms with Crippen molar-refractivity contribution in [2.24, 2.45) is 0 Å². The van der Waals surface area contributed by atoms with E-state index in [1.807, 2.05) is 51.1 Å². The van der Waals surface area contributed by atoms with Gasteiger partial charge in [0, 0.05) is 40.1 Å². The normalized spacial score (nSPS) is 12.5. The third-order valence-electron chi connectivity index (χ3n) is 5.74. The Balaban J connectivity index is 1.58. The maximum absolute atomic E-state index is 14.0. The molecule has 0 spiro atoms. The van der Waals surface area contributed by atoms with E-state index in [4.69, 9.17) is 13.9 Å². The second-order valence-electron chi connectivity index (χ2n) is 9.74. The fraction of sp³-hybridized carbons (Fsp3) is 0.310. The van der Waals surface area contributed by atoms with Crippen LogP contribution in [0.5, 0.6) is 5.75 Å². The molecule has 0 saturated heterocycles. The Labute approximate surface area is 224 Å². The van der Waals surface area contributed by atoms with Crippen LogP contribution in [0.1, 0.15) is 44.5 Å². The summed E-state index contributed by atoms with van der Waals surface area (Å²) >= 11 is -1.22. The largest absolute Gasteiger partial charge is 0.598 e. The minimum atomic E-state index is -1.22. The van der Waals surface area contributed by atoms with Crippen LogP contribution in [0, 0.1) is 5.82 Å². The minimum Gasteiger partial charge on any atom is -0.598 e. The van der Waals surface area contributed by atoms with Crippen molar-refractivity contribution in [3.05, 3.63) is 83.6 Å². The first-order valence-electron chi connectivity index (χ1n) is 12.3. The van der Waals surface area contributed by atoms with Gasteiger partial charge in [-0.1, -0.05) is 6.07 Å². The van der Waals surface area contributed by atoms with Gasteiger partial charge in [0.05, 0.1) is 31.5 Å². The zero-order valence-corrected chi connectivity index (χ0v) is 22.7. The number of rotatable bonds is 10. The van der Waals surface area contributed by atoms with E-state index in [1.165, 1.54) is 18.2 Å². The van der Waals surface area contributed by atoms with Gasteiger partial charge in [0.25, 0.3) is 0 Å². The van der Waals surface area contributed by atoms with Gasteiger partial charge in [0.2, 0.25) is 0 Å².